The van der Waals surface area contributed by atoms with Gasteiger partial charge in [-0.15, -0.1) is 11.3 Å². The molecule has 3 aromatic rings. The Bertz CT molecular complexity index is 1130. The van der Waals surface area contributed by atoms with Crippen molar-refractivity contribution in [2.75, 3.05) is 0 Å². The van der Waals surface area contributed by atoms with Crippen LogP contribution in [0.1, 0.15) is 31.9 Å². The molecule has 5 heteroatoms. The molecule has 1 N–H and O–H groups in total. The van der Waals surface area contributed by atoms with E-state index < -0.39 is 5.41 Å². The number of ether oxygens (including phenoxy) is 1. The highest BCUT2D eigenvalue weighted by Gasteiger charge is 2.18. The highest BCUT2D eigenvalue weighted by Crippen LogP contribution is 2.16. The quantitative estimate of drug-likeness (QED) is 0.724. The van der Waals surface area contributed by atoms with Crippen LogP contribution in [-0.2, 0) is 11.4 Å². The first-order valence-electron chi connectivity index (χ1n) is 9.05. The van der Waals surface area contributed by atoms with Gasteiger partial charge >= 0.3 is 0 Å². The molecule has 144 valence electrons. The van der Waals surface area contributed by atoms with Crippen LogP contribution in [0.2, 0.25) is 0 Å². The van der Waals surface area contributed by atoms with E-state index in [9.17, 15) is 9.59 Å². The van der Waals surface area contributed by atoms with E-state index in [0.29, 0.717) is 15.8 Å². The van der Waals surface area contributed by atoms with Gasteiger partial charge in [-0.2, -0.15) is 0 Å². The molecule has 0 aliphatic carbocycles. The third kappa shape index (κ3) is 5.30. The summed E-state index contributed by atoms with van der Waals surface area (Å²) in [5.41, 5.74) is 1.28. The summed E-state index contributed by atoms with van der Waals surface area (Å²) in [6, 6.07) is 17.5. The zero-order valence-corrected chi connectivity index (χ0v) is 17.0. The smallest absolute Gasteiger partial charge is 0.266 e. The van der Waals surface area contributed by atoms with Crippen molar-refractivity contribution in [2.24, 2.45) is 5.41 Å². The van der Waals surface area contributed by atoms with Gasteiger partial charge in [-0.05, 0) is 29.3 Å². The Labute approximate surface area is 167 Å². The molecule has 0 atom stereocenters. The number of aromatic nitrogens is 1. The van der Waals surface area contributed by atoms with E-state index in [4.69, 9.17) is 4.74 Å². The standard InChI is InChI=1S/C23H23NO3S/c1-23(2,3)20(25)14-21-24-22(26)19(28-21)13-17-10-7-11-18(12-17)27-15-16-8-5-4-6-9-16/h4-14H,15H2,1-3H3,(H,24,26)/b19-13-,21-14-. The molecule has 0 amide bonds. The summed E-state index contributed by atoms with van der Waals surface area (Å²) < 4.78 is 6.95. The number of benzene rings is 2. The molecule has 3 rings (SSSR count). The predicted molar refractivity (Wildman–Crippen MR) is 114 cm³/mol. The minimum absolute atomic E-state index is 0.0205. The molecule has 0 aliphatic heterocycles. The van der Waals surface area contributed by atoms with Gasteiger partial charge in [0.05, 0.1) is 9.20 Å². The maximum Gasteiger partial charge on any atom is 0.266 e. The Balaban J connectivity index is 1.83. The minimum atomic E-state index is -0.477. The fourth-order valence-corrected chi connectivity index (χ4v) is 3.33. The number of hydrogen-bond acceptors (Lipinski definition) is 4. The van der Waals surface area contributed by atoms with Gasteiger partial charge in [0.1, 0.15) is 12.4 Å². The normalized spacial score (nSPS) is 13.0. The van der Waals surface area contributed by atoms with E-state index in [1.807, 2.05) is 75.4 Å². The van der Waals surface area contributed by atoms with E-state index in [2.05, 4.69) is 4.98 Å². The Morgan fingerprint density at radius 2 is 1.86 bits per heavy atom. The van der Waals surface area contributed by atoms with Crippen LogP contribution in [0.25, 0.3) is 12.2 Å². The van der Waals surface area contributed by atoms with Crippen LogP contribution in [-0.4, -0.2) is 10.8 Å². The largest absolute Gasteiger partial charge is 0.489 e. The maximum absolute atomic E-state index is 12.2. The van der Waals surface area contributed by atoms with E-state index in [-0.39, 0.29) is 11.3 Å². The van der Waals surface area contributed by atoms with Crippen LogP contribution in [0.3, 0.4) is 0 Å². The SMILES string of the molecule is CC(C)(C)C(=O)/C=c1/[nH]c(=O)/c(=C/c2cccc(OCc3ccccc3)c2)s1. The van der Waals surface area contributed by atoms with Crippen molar-refractivity contribution >= 4 is 29.3 Å². The Morgan fingerprint density at radius 1 is 1.11 bits per heavy atom. The molecule has 28 heavy (non-hydrogen) atoms. The van der Waals surface area contributed by atoms with Gasteiger partial charge < -0.3 is 9.72 Å². The molecule has 0 bridgehead atoms. The fraction of sp³-hybridized carbons (Fsp3) is 0.217. The first kappa shape index (κ1) is 19.8. The molecule has 2 aromatic carbocycles. The third-order valence-corrected chi connectivity index (χ3v) is 5.05. The Morgan fingerprint density at radius 3 is 2.57 bits per heavy atom. The monoisotopic (exact) mass is 393 g/mol. The van der Waals surface area contributed by atoms with E-state index in [1.54, 1.807) is 6.08 Å². The van der Waals surface area contributed by atoms with Gasteiger partial charge in [0.15, 0.2) is 5.78 Å². The lowest BCUT2D eigenvalue weighted by Gasteiger charge is -2.12. The van der Waals surface area contributed by atoms with Crippen molar-refractivity contribution in [3.63, 3.8) is 0 Å². The van der Waals surface area contributed by atoms with Crippen LogP contribution in [0, 0.1) is 5.41 Å². The van der Waals surface area contributed by atoms with Crippen molar-refractivity contribution < 1.29 is 9.53 Å². The summed E-state index contributed by atoms with van der Waals surface area (Å²) in [4.78, 5) is 27.1. The lowest BCUT2D eigenvalue weighted by molar-refractivity contribution is -0.119. The summed E-state index contributed by atoms with van der Waals surface area (Å²) in [6.45, 7) is 6.04. The van der Waals surface area contributed by atoms with Gasteiger partial charge in [0.2, 0.25) is 0 Å². The van der Waals surface area contributed by atoms with Crippen molar-refractivity contribution in [3.05, 3.63) is 85.3 Å². The summed E-state index contributed by atoms with van der Waals surface area (Å²) in [7, 11) is 0. The number of rotatable bonds is 5. The van der Waals surface area contributed by atoms with E-state index in [0.717, 1.165) is 16.9 Å². The van der Waals surface area contributed by atoms with Crippen LogP contribution >= 0.6 is 11.3 Å². The first-order valence-corrected chi connectivity index (χ1v) is 9.87. The highest BCUT2D eigenvalue weighted by atomic mass is 32.1. The molecule has 0 aliphatic rings. The summed E-state index contributed by atoms with van der Waals surface area (Å²) in [5.74, 6) is 0.716. The predicted octanol–water partition coefficient (Wildman–Crippen LogP) is 3.24. The van der Waals surface area contributed by atoms with Gasteiger partial charge in [-0.1, -0.05) is 63.2 Å². The van der Waals surface area contributed by atoms with Gasteiger partial charge in [0.25, 0.3) is 5.56 Å². The zero-order valence-electron chi connectivity index (χ0n) is 16.2. The number of nitrogens with one attached hydrogen (secondary N) is 1. The summed E-state index contributed by atoms with van der Waals surface area (Å²) in [5, 5.41) is 0. The second kappa shape index (κ2) is 8.40. The molecule has 1 aromatic heterocycles. The lowest BCUT2D eigenvalue weighted by Crippen LogP contribution is -2.22. The fourth-order valence-electron chi connectivity index (χ4n) is 2.45. The van der Waals surface area contributed by atoms with Crippen LogP contribution in [0.4, 0.5) is 0 Å². The Kier molecular flexibility index (Phi) is 5.95. The van der Waals surface area contributed by atoms with Gasteiger partial charge in [0, 0.05) is 11.5 Å². The van der Waals surface area contributed by atoms with Gasteiger partial charge in [-0.3, -0.25) is 9.59 Å². The molecule has 0 saturated heterocycles. The number of H-pyrrole nitrogens is 1. The van der Waals surface area contributed by atoms with Crippen molar-refractivity contribution in [2.45, 2.75) is 27.4 Å². The molecule has 1 heterocycles. The minimum Gasteiger partial charge on any atom is -0.489 e. The molecular weight excluding hydrogens is 370 g/mol. The number of aromatic amines is 1. The number of thiazole rings is 1. The number of ketones is 1. The molecule has 0 fully saturated rings. The van der Waals surface area contributed by atoms with Crippen molar-refractivity contribution in [1.82, 2.24) is 4.98 Å². The Hall–Kier alpha value is -2.92. The second-order valence-corrected chi connectivity index (χ2v) is 8.62. The number of Topliss-reactive ketones (excluding diaryl/α,β-unsaturated/α-hetero) is 1. The molecule has 0 unspecified atom stereocenters. The van der Waals surface area contributed by atoms with E-state index in [1.165, 1.54) is 17.4 Å². The number of carbonyl (C=O) groups excluding carboxylic acids is 1. The van der Waals surface area contributed by atoms with E-state index >= 15 is 0 Å². The maximum atomic E-state index is 12.2. The molecular formula is C23H23NO3S. The highest BCUT2D eigenvalue weighted by molar-refractivity contribution is 7.07. The zero-order chi connectivity index (χ0) is 20.1. The molecule has 0 radical (unpaired) electrons. The number of hydrogen-bond donors (Lipinski definition) is 1. The average Bonchev–Trinajstić information content (AvgIpc) is 2.99. The molecule has 0 saturated carbocycles. The molecule has 0 spiro atoms. The van der Waals surface area contributed by atoms with Crippen LogP contribution < -0.4 is 19.5 Å². The van der Waals surface area contributed by atoms with Crippen LogP contribution in [0.15, 0.2) is 59.4 Å². The number of carbonyl (C=O) groups is 1. The van der Waals surface area contributed by atoms with Gasteiger partial charge in [-0.25, -0.2) is 0 Å². The lowest BCUT2D eigenvalue weighted by atomic mass is 9.91. The van der Waals surface area contributed by atoms with Crippen LogP contribution in [0.5, 0.6) is 5.75 Å². The summed E-state index contributed by atoms with van der Waals surface area (Å²) >= 11 is 1.27. The van der Waals surface area contributed by atoms with Crippen molar-refractivity contribution in [3.8, 4) is 5.75 Å². The van der Waals surface area contributed by atoms with Crippen molar-refractivity contribution in [1.29, 1.82) is 0 Å². The summed E-state index contributed by atoms with van der Waals surface area (Å²) in [6.07, 6.45) is 3.31. The molecule has 4 nitrogen and oxygen atoms in total. The third-order valence-electron chi connectivity index (χ3n) is 4.09. The second-order valence-electron chi connectivity index (χ2n) is 7.53. The first-order chi connectivity index (χ1) is 13.3. The topological polar surface area (TPSA) is 59.2 Å². The average molecular weight is 394 g/mol.